The van der Waals surface area contributed by atoms with Crippen molar-refractivity contribution in [1.29, 1.82) is 0 Å². The van der Waals surface area contributed by atoms with Crippen LogP contribution in [0.25, 0.3) is 0 Å². The van der Waals surface area contributed by atoms with E-state index < -0.39 is 5.41 Å². The van der Waals surface area contributed by atoms with Gasteiger partial charge in [-0.25, -0.2) is 9.87 Å². The third-order valence-corrected chi connectivity index (χ3v) is 3.70. The average Bonchev–Trinajstić information content (AvgIpc) is 2.60. The van der Waals surface area contributed by atoms with Gasteiger partial charge in [-0.05, 0) is 43.7 Å². The summed E-state index contributed by atoms with van der Waals surface area (Å²) >= 11 is 0. The number of hydrogen-bond acceptors (Lipinski definition) is 3. The van der Waals surface area contributed by atoms with E-state index in [1.54, 1.807) is 12.1 Å². The fourth-order valence-electron chi connectivity index (χ4n) is 2.08. The zero-order valence-electron chi connectivity index (χ0n) is 13.9. The Balaban J connectivity index is 1.66. The first-order chi connectivity index (χ1) is 11.5. The molecule has 0 saturated heterocycles. The van der Waals surface area contributed by atoms with E-state index >= 15 is 0 Å². The third-order valence-electron chi connectivity index (χ3n) is 3.70. The van der Waals surface area contributed by atoms with Crippen LogP contribution < -0.4 is 10.2 Å². The zero-order valence-corrected chi connectivity index (χ0v) is 13.9. The second kappa shape index (κ2) is 8.45. The van der Waals surface area contributed by atoms with Gasteiger partial charge in [-0.2, -0.15) is 0 Å². The van der Waals surface area contributed by atoms with Crippen LogP contribution in [0.1, 0.15) is 25.8 Å². The van der Waals surface area contributed by atoms with Gasteiger partial charge in [0.15, 0.2) is 0 Å². The number of ether oxygens (including phenoxy) is 1. The van der Waals surface area contributed by atoms with Gasteiger partial charge in [0.25, 0.3) is 5.91 Å². The van der Waals surface area contributed by atoms with Gasteiger partial charge in [0.1, 0.15) is 11.6 Å². The smallest absolute Gasteiger partial charge is 0.253 e. The summed E-state index contributed by atoms with van der Waals surface area (Å²) in [7, 11) is 0. The van der Waals surface area contributed by atoms with E-state index in [2.05, 4.69) is 5.48 Å². The molecule has 4 nitrogen and oxygen atoms in total. The number of hydrogen-bond donors (Lipinski definition) is 1. The van der Waals surface area contributed by atoms with Gasteiger partial charge in [-0.1, -0.05) is 30.3 Å². The lowest BCUT2D eigenvalue weighted by Gasteiger charge is -2.23. The minimum atomic E-state index is -0.675. The predicted octanol–water partition coefficient (Wildman–Crippen LogP) is 3.62. The van der Waals surface area contributed by atoms with Crippen LogP contribution in [0.3, 0.4) is 0 Å². The number of nitrogens with one attached hydrogen (secondary N) is 1. The molecule has 0 aromatic heterocycles. The Morgan fingerprint density at radius 2 is 1.71 bits per heavy atom. The number of carbonyl (C=O) groups excluding carboxylic acids is 1. The SMILES string of the molecule is CC(C)(C(=O)NOCCCOc1ccc(F)cc1)c1ccccc1. The summed E-state index contributed by atoms with van der Waals surface area (Å²) in [6, 6.07) is 15.4. The van der Waals surface area contributed by atoms with Crippen molar-refractivity contribution in [2.75, 3.05) is 13.2 Å². The van der Waals surface area contributed by atoms with Crippen molar-refractivity contribution in [2.24, 2.45) is 0 Å². The van der Waals surface area contributed by atoms with Crippen LogP contribution in [0.5, 0.6) is 5.75 Å². The van der Waals surface area contributed by atoms with Crippen LogP contribution in [-0.2, 0) is 15.0 Å². The van der Waals surface area contributed by atoms with E-state index in [4.69, 9.17) is 9.57 Å². The van der Waals surface area contributed by atoms with Crippen molar-refractivity contribution in [2.45, 2.75) is 25.7 Å². The molecule has 5 heteroatoms. The van der Waals surface area contributed by atoms with Crippen molar-refractivity contribution in [1.82, 2.24) is 5.48 Å². The van der Waals surface area contributed by atoms with E-state index in [0.29, 0.717) is 25.4 Å². The maximum atomic E-state index is 12.8. The zero-order chi connectivity index (χ0) is 17.4. The number of halogens is 1. The fourth-order valence-corrected chi connectivity index (χ4v) is 2.08. The lowest BCUT2D eigenvalue weighted by molar-refractivity contribution is -0.138. The van der Waals surface area contributed by atoms with Crippen LogP contribution in [0.2, 0.25) is 0 Å². The summed E-state index contributed by atoms with van der Waals surface area (Å²) in [6.07, 6.45) is 0.601. The van der Waals surface area contributed by atoms with Crippen LogP contribution >= 0.6 is 0 Å². The van der Waals surface area contributed by atoms with Gasteiger partial charge in [0.05, 0.1) is 18.6 Å². The number of benzene rings is 2. The molecule has 24 heavy (non-hydrogen) atoms. The largest absolute Gasteiger partial charge is 0.494 e. The topological polar surface area (TPSA) is 47.6 Å². The molecule has 2 aromatic carbocycles. The molecule has 0 bridgehead atoms. The molecule has 0 heterocycles. The van der Waals surface area contributed by atoms with Gasteiger partial charge in [0, 0.05) is 6.42 Å². The summed E-state index contributed by atoms with van der Waals surface area (Å²) in [5, 5.41) is 0. The molecule has 0 radical (unpaired) electrons. The van der Waals surface area contributed by atoms with Gasteiger partial charge in [0.2, 0.25) is 0 Å². The minimum Gasteiger partial charge on any atom is -0.494 e. The Bertz CT molecular complexity index is 641. The van der Waals surface area contributed by atoms with Crippen molar-refractivity contribution in [3.63, 3.8) is 0 Å². The van der Waals surface area contributed by atoms with Crippen LogP contribution in [-0.4, -0.2) is 19.1 Å². The van der Waals surface area contributed by atoms with Crippen molar-refractivity contribution < 1.29 is 18.8 Å². The maximum Gasteiger partial charge on any atom is 0.253 e. The summed E-state index contributed by atoms with van der Waals surface area (Å²) in [6.45, 7) is 4.44. The molecular formula is C19H22FNO3. The lowest BCUT2D eigenvalue weighted by Crippen LogP contribution is -2.40. The first-order valence-electron chi connectivity index (χ1n) is 7.86. The lowest BCUT2D eigenvalue weighted by atomic mass is 9.84. The quantitative estimate of drug-likeness (QED) is 0.594. The van der Waals surface area contributed by atoms with Crippen molar-refractivity contribution in [3.05, 3.63) is 66.0 Å². The fraction of sp³-hybridized carbons (Fsp3) is 0.316. The van der Waals surface area contributed by atoms with Crippen LogP contribution in [0.15, 0.2) is 54.6 Å². The Labute approximate surface area is 141 Å². The molecule has 1 N–H and O–H groups in total. The maximum absolute atomic E-state index is 12.8. The van der Waals surface area contributed by atoms with E-state index in [9.17, 15) is 9.18 Å². The summed E-state index contributed by atoms with van der Waals surface area (Å²) in [4.78, 5) is 17.5. The predicted molar refractivity (Wildman–Crippen MR) is 90.1 cm³/mol. The second-order valence-corrected chi connectivity index (χ2v) is 5.93. The molecule has 2 aromatic rings. The Morgan fingerprint density at radius 1 is 1.04 bits per heavy atom. The Morgan fingerprint density at radius 3 is 2.38 bits per heavy atom. The first-order valence-corrected chi connectivity index (χ1v) is 7.86. The number of hydroxylamine groups is 1. The van der Waals surface area contributed by atoms with Crippen molar-refractivity contribution >= 4 is 5.91 Å². The highest BCUT2D eigenvalue weighted by atomic mass is 19.1. The molecule has 0 aliphatic carbocycles. The molecule has 0 atom stereocenters. The van der Waals surface area contributed by atoms with E-state index in [1.807, 2.05) is 44.2 Å². The number of amides is 1. The van der Waals surface area contributed by atoms with Crippen LogP contribution in [0.4, 0.5) is 4.39 Å². The molecule has 0 aliphatic heterocycles. The summed E-state index contributed by atoms with van der Waals surface area (Å²) in [5.41, 5.74) is 2.73. The number of carbonyl (C=O) groups is 1. The molecular weight excluding hydrogens is 309 g/mol. The normalized spacial score (nSPS) is 11.1. The second-order valence-electron chi connectivity index (χ2n) is 5.93. The monoisotopic (exact) mass is 331 g/mol. The molecule has 0 aliphatic rings. The molecule has 0 unspecified atom stereocenters. The van der Waals surface area contributed by atoms with E-state index in [-0.39, 0.29) is 11.7 Å². The average molecular weight is 331 g/mol. The van der Waals surface area contributed by atoms with Crippen LogP contribution in [0, 0.1) is 5.82 Å². The third kappa shape index (κ3) is 5.06. The van der Waals surface area contributed by atoms with Gasteiger partial charge in [-0.15, -0.1) is 0 Å². The van der Waals surface area contributed by atoms with Gasteiger partial charge in [-0.3, -0.25) is 9.63 Å². The first kappa shape index (κ1) is 17.9. The Hall–Kier alpha value is -2.40. The summed E-state index contributed by atoms with van der Waals surface area (Å²) in [5.74, 6) is 0.105. The van der Waals surface area contributed by atoms with Crippen molar-refractivity contribution in [3.8, 4) is 5.75 Å². The minimum absolute atomic E-state index is 0.201. The molecule has 128 valence electrons. The summed E-state index contributed by atoms with van der Waals surface area (Å²) < 4.78 is 18.2. The molecule has 1 amide bonds. The highest BCUT2D eigenvalue weighted by Gasteiger charge is 2.29. The van der Waals surface area contributed by atoms with E-state index in [1.165, 1.54) is 12.1 Å². The molecule has 0 fully saturated rings. The molecule has 0 saturated carbocycles. The Kier molecular flexibility index (Phi) is 6.32. The highest BCUT2D eigenvalue weighted by Crippen LogP contribution is 2.22. The van der Waals surface area contributed by atoms with E-state index in [0.717, 1.165) is 5.56 Å². The number of rotatable bonds is 8. The molecule has 2 rings (SSSR count). The van der Waals surface area contributed by atoms with Gasteiger partial charge >= 0.3 is 0 Å². The highest BCUT2D eigenvalue weighted by molar-refractivity contribution is 5.86. The van der Waals surface area contributed by atoms with Gasteiger partial charge < -0.3 is 4.74 Å². The standard InChI is InChI=1S/C19H22FNO3/c1-19(2,15-7-4-3-5-8-15)18(22)21-24-14-6-13-23-17-11-9-16(20)10-12-17/h3-5,7-12H,6,13-14H2,1-2H3,(H,21,22). The molecule has 0 spiro atoms.